The van der Waals surface area contributed by atoms with Crippen molar-refractivity contribution in [3.8, 4) is 11.5 Å². The summed E-state index contributed by atoms with van der Waals surface area (Å²) in [7, 11) is 1.85. The van der Waals surface area contributed by atoms with Gasteiger partial charge in [-0.1, -0.05) is 29.8 Å². The zero-order valence-electron chi connectivity index (χ0n) is 16.9. The van der Waals surface area contributed by atoms with Crippen molar-refractivity contribution in [2.24, 2.45) is 0 Å². The molecule has 1 saturated heterocycles. The molecule has 2 atom stereocenters. The largest absolute Gasteiger partial charge is 0.478 e. The second-order valence-corrected chi connectivity index (χ2v) is 7.77. The molecule has 156 valence electrons. The van der Waals surface area contributed by atoms with E-state index in [0.29, 0.717) is 24.6 Å². The van der Waals surface area contributed by atoms with E-state index in [2.05, 4.69) is 4.90 Å². The molecule has 2 aliphatic heterocycles. The van der Waals surface area contributed by atoms with Gasteiger partial charge in [-0.3, -0.25) is 4.90 Å². The molecule has 0 saturated carbocycles. The van der Waals surface area contributed by atoms with Gasteiger partial charge in [-0.05, 0) is 38.6 Å². The Hall–Kier alpha value is -3.32. The summed E-state index contributed by atoms with van der Waals surface area (Å²) in [6.45, 7) is 3.31. The number of aryl methyl sites for hydroxylation is 1. The number of nitrogens with zero attached hydrogens (tertiary/aromatic N) is 2. The molecule has 2 aromatic carbocycles. The van der Waals surface area contributed by atoms with Crippen molar-refractivity contribution in [3.63, 3.8) is 0 Å². The maximum Gasteiger partial charge on any atom is 0.333 e. The quantitative estimate of drug-likeness (QED) is 0.752. The summed E-state index contributed by atoms with van der Waals surface area (Å²) in [5.41, 5.74) is 2.60. The molecule has 2 aliphatic rings. The molecule has 7 heteroatoms. The number of carboxylic acids is 2. The Bertz CT molecular complexity index is 1030. The standard InChI is InChI=1S/C23H24N2O5/c1-14-8-9-18-15(12-14)22-21(16(23(28)29)13-20(26)27)24(2)10-5-11-25(22)17-6-3-4-7-19(17)30-18/h3-4,6-9,12-13,21-22H,5,10-11H2,1-2H3,(H,26,27)(H,28,29). The first kappa shape index (κ1) is 20.0. The van der Waals surface area contributed by atoms with E-state index in [-0.39, 0.29) is 5.57 Å². The first-order chi connectivity index (χ1) is 14.4. The Morgan fingerprint density at radius 1 is 1.10 bits per heavy atom. The van der Waals surface area contributed by atoms with E-state index in [9.17, 15) is 19.8 Å². The smallest absolute Gasteiger partial charge is 0.333 e. The molecule has 2 N–H and O–H groups in total. The maximum atomic E-state index is 12.2. The van der Waals surface area contributed by atoms with Gasteiger partial charge in [0.15, 0.2) is 5.75 Å². The van der Waals surface area contributed by atoms with Crippen LogP contribution in [0.3, 0.4) is 0 Å². The minimum atomic E-state index is -1.27. The van der Waals surface area contributed by atoms with Crippen molar-refractivity contribution in [1.29, 1.82) is 0 Å². The predicted octanol–water partition coefficient (Wildman–Crippen LogP) is 3.45. The number of anilines is 1. The Kier molecular flexibility index (Phi) is 5.22. The first-order valence-corrected chi connectivity index (χ1v) is 9.89. The third-order valence-electron chi connectivity index (χ3n) is 5.74. The van der Waals surface area contributed by atoms with Crippen molar-refractivity contribution in [2.45, 2.75) is 25.4 Å². The summed E-state index contributed by atoms with van der Waals surface area (Å²) in [6.07, 6.45) is 1.62. The van der Waals surface area contributed by atoms with Crippen molar-refractivity contribution in [2.75, 3.05) is 25.0 Å². The molecule has 0 spiro atoms. The summed E-state index contributed by atoms with van der Waals surface area (Å²) < 4.78 is 6.25. The Labute approximate surface area is 174 Å². The van der Waals surface area contributed by atoms with Crippen LogP contribution in [0.15, 0.2) is 54.1 Å². The number of hydrogen-bond donors (Lipinski definition) is 2. The average molecular weight is 408 g/mol. The van der Waals surface area contributed by atoms with E-state index in [1.807, 2.05) is 61.3 Å². The second kappa shape index (κ2) is 7.84. The number of ether oxygens (including phenoxy) is 1. The van der Waals surface area contributed by atoms with Gasteiger partial charge in [0.2, 0.25) is 0 Å². The molecule has 0 bridgehead atoms. The molecule has 0 aliphatic carbocycles. The molecule has 2 unspecified atom stereocenters. The number of likely N-dealkylation sites (N-methyl/N-ethyl adjacent to an activating group) is 1. The highest BCUT2D eigenvalue weighted by molar-refractivity contribution is 5.96. The molecular formula is C23H24N2O5. The van der Waals surface area contributed by atoms with Crippen LogP contribution in [0.1, 0.15) is 23.6 Å². The summed E-state index contributed by atoms with van der Waals surface area (Å²) in [6, 6.07) is 12.5. The van der Waals surface area contributed by atoms with Crippen LogP contribution in [0.2, 0.25) is 0 Å². The number of aliphatic carboxylic acids is 2. The highest BCUT2D eigenvalue weighted by atomic mass is 16.5. The van der Waals surface area contributed by atoms with Crippen LogP contribution in [-0.2, 0) is 9.59 Å². The highest BCUT2D eigenvalue weighted by Crippen LogP contribution is 2.48. The van der Waals surface area contributed by atoms with E-state index < -0.39 is 24.0 Å². The molecule has 0 amide bonds. The van der Waals surface area contributed by atoms with Crippen molar-refractivity contribution in [3.05, 3.63) is 65.2 Å². The fourth-order valence-corrected chi connectivity index (χ4v) is 4.49. The summed E-state index contributed by atoms with van der Waals surface area (Å²) >= 11 is 0. The number of rotatable bonds is 3. The van der Waals surface area contributed by atoms with Gasteiger partial charge in [0.05, 0.1) is 23.3 Å². The van der Waals surface area contributed by atoms with E-state index in [4.69, 9.17) is 4.74 Å². The lowest BCUT2D eigenvalue weighted by atomic mass is 9.89. The normalized spacial score (nSPS) is 21.4. The van der Waals surface area contributed by atoms with Crippen molar-refractivity contribution < 1.29 is 24.5 Å². The van der Waals surface area contributed by atoms with E-state index in [1.165, 1.54) is 0 Å². The lowest BCUT2D eigenvalue weighted by Gasteiger charge is -2.39. The van der Waals surface area contributed by atoms with Crippen LogP contribution >= 0.6 is 0 Å². The molecule has 2 heterocycles. The summed E-state index contributed by atoms with van der Waals surface area (Å²) in [4.78, 5) is 27.7. The van der Waals surface area contributed by atoms with Crippen LogP contribution < -0.4 is 9.64 Å². The molecule has 30 heavy (non-hydrogen) atoms. The number of carboxylic acid groups (broad SMARTS) is 2. The zero-order valence-corrected chi connectivity index (χ0v) is 16.9. The highest BCUT2D eigenvalue weighted by Gasteiger charge is 2.42. The van der Waals surface area contributed by atoms with E-state index in [1.54, 1.807) is 0 Å². The van der Waals surface area contributed by atoms with E-state index >= 15 is 0 Å². The Morgan fingerprint density at radius 2 is 1.87 bits per heavy atom. The summed E-state index contributed by atoms with van der Waals surface area (Å²) in [5.74, 6) is -1.15. The number of carbonyl (C=O) groups is 2. The van der Waals surface area contributed by atoms with Gasteiger partial charge in [-0.2, -0.15) is 0 Å². The van der Waals surface area contributed by atoms with Gasteiger partial charge < -0.3 is 19.8 Å². The third kappa shape index (κ3) is 3.52. The van der Waals surface area contributed by atoms with Crippen LogP contribution in [0.5, 0.6) is 11.5 Å². The molecule has 2 aromatic rings. The van der Waals surface area contributed by atoms with Crippen LogP contribution in [0.4, 0.5) is 5.69 Å². The molecule has 0 radical (unpaired) electrons. The number of para-hydroxylation sites is 2. The molecule has 1 fully saturated rings. The van der Waals surface area contributed by atoms with Gasteiger partial charge in [0.1, 0.15) is 5.75 Å². The van der Waals surface area contributed by atoms with Gasteiger partial charge >= 0.3 is 11.9 Å². The average Bonchev–Trinajstić information content (AvgIpc) is 2.93. The number of benzene rings is 2. The Balaban J connectivity index is 2.00. The first-order valence-electron chi connectivity index (χ1n) is 9.89. The SMILES string of the molecule is Cc1ccc2c(c1)C1C(C(=CC(=O)O)C(=O)O)N(C)CCCN1c1ccccc1O2. The van der Waals surface area contributed by atoms with Gasteiger partial charge in [-0.25, -0.2) is 9.59 Å². The van der Waals surface area contributed by atoms with Crippen LogP contribution in [-0.4, -0.2) is 53.2 Å². The number of fused-ring (bicyclic) bond motifs is 5. The van der Waals surface area contributed by atoms with Crippen molar-refractivity contribution >= 4 is 17.6 Å². The van der Waals surface area contributed by atoms with Gasteiger partial charge in [0.25, 0.3) is 0 Å². The third-order valence-corrected chi connectivity index (χ3v) is 5.74. The molecular weight excluding hydrogens is 384 g/mol. The fourth-order valence-electron chi connectivity index (χ4n) is 4.49. The lowest BCUT2D eigenvalue weighted by Crippen LogP contribution is -2.45. The molecule has 0 aromatic heterocycles. The topological polar surface area (TPSA) is 90.3 Å². The van der Waals surface area contributed by atoms with Crippen LogP contribution in [0.25, 0.3) is 0 Å². The van der Waals surface area contributed by atoms with Crippen LogP contribution in [0, 0.1) is 6.92 Å². The minimum Gasteiger partial charge on any atom is -0.478 e. The monoisotopic (exact) mass is 408 g/mol. The molecule has 4 rings (SSSR count). The summed E-state index contributed by atoms with van der Waals surface area (Å²) in [5, 5.41) is 19.3. The number of hydrogen-bond acceptors (Lipinski definition) is 5. The minimum absolute atomic E-state index is 0.145. The van der Waals surface area contributed by atoms with E-state index in [0.717, 1.165) is 29.3 Å². The van der Waals surface area contributed by atoms with Gasteiger partial charge in [0, 0.05) is 24.7 Å². The Morgan fingerprint density at radius 3 is 2.60 bits per heavy atom. The second-order valence-electron chi connectivity index (χ2n) is 7.77. The fraction of sp³-hybridized carbons (Fsp3) is 0.304. The lowest BCUT2D eigenvalue weighted by molar-refractivity contribution is -0.135. The van der Waals surface area contributed by atoms with Gasteiger partial charge in [-0.15, -0.1) is 0 Å². The maximum absolute atomic E-state index is 12.2. The predicted molar refractivity (Wildman–Crippen MR) is 112 cm³/mol. The van der Waals surface area contributed by atoms with Crippen molar-refractivity contribution in [1.82, 2.24) is 4.90 Å². The molecule has 7 nitrogen and oxygen atoms in total. The zero-order chi connectivity index (χ0) is 21.4.